The smallest absolute Gasteiger partial charge is 0.00978 e. The molecule has 0 saturated heterocycles. The first-order valence-electron chi connectivity index (χ1n) is 8.26. The zero-order valence-corrected chi connectivity index (χ0v) is 13.0. The highest BCUT2D eigenvalue weighted by molar-refractivity contribution is 4.90. The van der Waals surface area contributed by atoms with Gasteiger partial charge in [-0.3, -0.25) is 0 Å². The number of hydrogen-bond donors (Lipinski definition) is 1. The largest absolute Gasteiger partial charge is 0.311 e. The van der Waals surface area contributed by atoms with Gasteiger partial charge in [-0.05, 0) is 49.4 Å². The van der Waals surface area contributed by atoms with Crippen LogP contribution in [0.1, 0.15) is 79.1 Å². The molecular weight excluding hydrogens is 218 g/mol. The van der Waals surface area contributed by atoms with Gasteiger partial charge in [0.25, 0.3) is 0 Å². The molecule has 2 aliphatic carbocycles. The van der Waals surface area contributed by atoms with Gasteiger partial charge in [-0.2, -0.15) is 0 Å². The van der Waals surface area contributed by atoms with E-state index in [0.717, 1.165) is 23.9 Å². The van der Waals surface area contributed by atoms with E-state index in [4.69, 9.17) is 0 Å². The zero-order chi connectivity index (χ0) is 13.2. The van der Waals surface area contributed by atoms with Gasteiger partial charge in [0.1, 0.15) is 0 Å². The second-order valence-electron chi connectivity index (χ2n) is 7.84. The molecule has 4 unspecified atom stereocenters. The third-order valence-corrected chi connectivity index (χ3v) is 5.27. The average molecular weight is 251 g/mol. The molecule has 2 saturated carbocycles. The Hall–Kier alpha value is -0.0400. The molecule has 0 aromatic rings. The molecule has 0 heterocycles. The summed E-state index contributed by atoms with van der Waals surface area (Å²) in [6.07, 6.45) is 11.3. The van der Waals surface area contributed by atoms with E-state index in [9.17, 15) is 0 Å². The topological polar surface area (TPSA) is 12.0 Å². The van der Waals surface area contributed by atoms with Crippen LogP contribution in [0.2, 0.25) is 0 Å². The third-order valence-electron chi connectivity index (χ3n) is 5.27. The van der Waals surface area contributed by atoms with Crippen LogP contribution in [0.5, 0.6) is 0 Å². The van der Waals surface area contributed by atoms with Gasteiger partial charge in [0.2, 0.25) is 0 Å². The summed E-state index contributed by atoms with van der Waals surface area (Å²) in [6.45, 7) is 9.72. The van der Waals surface area contributed by atoms with Gasteiger partial charge < -0.3 is 5.32 Å². The number of nitrogens with one attached hydrogen (secondary N) is 1. The Kier molecular flexibility index (Phi) is 4.75. The van der Waals surface area contributed by atoms with Gasteiger partial charge in [0, 0.05) is 12.1 Å². The van der Waals surface area contributed by atoms with Crippen molar-refractivity contribution in [2.45, 2.75) is 91.1 Å². The Labute approximate surface area is 114 Å². The van der Waals surface area contributed by atoms with Crippen molar-refractivity contribution in [3.05, 3.63) is 0 Å². The lowest BCUT2D eigenvalue weighted by Gasteiger charge is -2.43. The van der Waals surface area contributed by atoms with E-state index in [-0.39, 0.29) is 0 Å². The molecule has 0 aliphatic heterocycles. The molecule has 0 aromatic heterocycles. The Morgan fingerprint density at radius 2 is 1.83 bits per heavy atom. The van der Waals surface area contributed by atoms with E-state index in [2.05, 4.69) is 33.0 Å². The Bertz CT molecular complexity index is 258. The molecule has 0 amide bonds. The maximum Gasteiger partial charge on any atom is 0.00978 e. The monoisotopic (exact) mass is 251 g/mol. The van der Waals surface area contributed by atoms with Crippen molar-refractivity contribution in [3.8, 4) is 0 Å². The molecule has 0 aromatic carbocycles. The van der Waals surface area contributed by atoms with Crippen LogP contribution in [0.3, 0.4) is 0 Å². The molecule has 4 atom stereocenters. The van der Waals surface area contributed by atoms with Crippen molar-refractivity contribution in [3.63, 3.8) is 0 Å². The van der Waals surface area contributed by atoms with Crippen molar-refractivity contribution < 1.29 is 0 Å². The maximum absolute atomic E-state index is 4.04. The van der Waals surface area contributed by atoms with Crippen molar-refractivity contribution in [1.29, 1.82) is 0 Å². The molecule has 18 heavy (non-hydrogen) atoms. The van der Waals surface area contributed by atoms with Crippen LogP contribution in [0, 0.1) is 17.3 Å². The first-order chi connectivity index (χ1) is 8.50. The average Bonchev–Trinajstić information content (AvgIpc) is 2.27. The highest BCUT2D eigenvalue weighted by Crippen LogP contribution is 2.39. The van der Waals surface area contributed by atoms with Crippen LogP contribution >= 0.6 is 0 Å². The predicted molar refractivity (Wildman–Crippen MR) is 79.8 cm³/mol. The fourth-order valence-corrected chi connectivity index (χ4v) is 4.69. The van der Waals surface area contributed by atoms with Crippen LogP contribution in [0.4, 0.5) is 0 Å². The lowest BCUT2D eigenvalue weighted by molar-refractivity contribution is 0.126. The summed E-state index contributed by atoms with van der Waals surface area (Å²) >= 11 is 0. The van der Waals surface area contributed by atoms with Crippen molar-refractivity contribution in [1.82, 2.24) is 5.32 Å². The summed E-state index contributed by atoms with van der Waals surface area (Å²) in [7, 11) is 0. The fourth-order valence-electron chi connectivity index (χ4n) is 4.69. The predicted octanol–water partition coefficient (Wildman–Crippen LogP) is 4.76. The zero-order valence-electron chi connectivity index (χ0n) is 13.0. The quantitative estimate of drug-likeness (QED) is 0.762. The minimum absolute atomic E-state index is 0.547. The van der Waals surface area contributed by atoms with E-state index in [0.29, 0.717) is 5.41 Å². The minimum atomic E-state index is 0.547. The number of hydrogen-bond acceptors (Lipinski definition) is 1. The molecule has 1 N–H and O–H groups in total. The van der Waals surface area contributed by atoms with E-state index in [1.165, 1.54) is 51.4 Å². The van der Waals surface area contributed by atoms with Crippen molar-refractivity contribution in [2.75, 3.05) is 0 Å². The van der Waals surface area contributed by atoms with Crippen LogP contribution < -0.4 is 5.32 Å². The second kappa shape index (κ2) is 5.94. The van der Waals surface area contributed by atoms with E-state index >= 15 is 0 Å². The summed E-state index contributed by atoms with van der Waals surface area (Å²) in [6, 6.07) is 1.59. The van der Waals surface area contributed by atoms with Crippen molar-refractivity contribution in [2.24, 2.45) is 17.3 Å². The molecule has 2 fully saturated rings. The van der Waals surface area contributed by atoms with Crippen LogP contribution in [0.15, 0.2) is 0 Å². The number of rotatable bonds is 3. The summed E-state index contributed by atoms with van der Waals surface area (Å²) < 4.78 is 0. The molecule has 0 spiro atoms. The highest BCUT2D eigenvalue weighted by atomic mass is 15.0. The molecule has 2 aliphatic rings. The summed E-state index contributed by atoms with van der Waals surface area (Å²) in [5.41, 5.74) is 0.547. The van der Waals surface area contributed by atoms with Gasteiger partial charge in [-0.15, -0.1) is 0 Å². The lowest BCUT2D eigenvalue weighted by Crippen LogP contribution is -2.48. The molecule has 1 nitrogen and oxygen atoms in total. The van der Waals surface area contributed by atoms with Gasteiger partial charge in [-0.25, -0.2) is 0 Å². The second-order valence-corrected chi connectivity index (χ2v) is 7.84. The molecule has 0 radical (unpaired) electrons. The summed E-state index contributed by atoms with van der Waals surface area (Å²) in [5.74, 6) is 1.84. The van der Waals surface area contributed by atoms with Crippen molar-refractivity contribution >= 4 is 0 Å². The highest BCUT2D eigenvalue weighted by Gasteiger charge is 2.34. The van der Waals surface area contributed by atoms with Gasteiger partial charge in [0.05, 0.1) is 0 Å². The molecule has 0 bridgehead atoms. The third kappa shape index (κ3) is 3.73. The van der Waals surface area contributed by atoms with Crippen LogP contribution in [-0.4, -0.2) is 12.1 Å². The standard InChI is InChI=1S/C17H33N/c1-5-14-8-6-7-9-16(14)18-15-10-13(2)11-17(3,4)12-15/h13-16,18H,5-12H2,1-4H3. The molecule has 1 heteroatoms. The SMILES string of the molecule is CCC1CCCCC1NC1CC(C)CC(C)(C)C1. The first kappa shape index (κ1) is 14.4. The van der Waals surface area contributed by atoms with Gasteiger partial charge >= 0.3 is 0 Å². The summed E-state index contributed by atoms with van der Waals surface area (Å²) in [4.78, 5) is 0. The van der Waals surface area contributed by atoms with Crippen LogP contribution in [-0.2, 0) is 0 Å². The minimum Gasteiger partial charge on any atom is -0.311 e. The van der Waals surface area contributed by atoms with Gasteiger partial charge in [-0.1, -0.05) is 47.0 Å². The first-order valence-corrected chi connectivity index (χ1v) is 8.26. The van der Waals surface area contributed by atoms with E-state index in [1.807, 2.05) is 0 Å². The fraction of sp³-hybridized carbons (Fsp3) is 1.00. The normalized spacial score (nSPS) is 40.7. The maximum atomic E-state index is 4.04. The molecule has 106 valence electrons. The van der Waals surface area contributed by atoms with E-state index in [1.54, 1.807) is 0 Å². The summed E-state index contributed by atoms with van der Waals surface area (Å²) in [5, 5.41) is 4.04. The Morgan fingerprint density at radius 1 is 1.11 bits per heavy atom. The Balaban J connectivity index is 1.91. The molecular formula is C17H33N. The van der Waals surface area contributed by atoms with Crippen LogP contribution in [0.25, 0.3) is 0 Å². The molecule has 2 rings (SSSR count). The Morgan fingerprint density at radius 3 is 2.50 bits per heavy atom. The van der Waals surface area contributed by atoms with E-state index < -0.39 is 0 Å². The van der Waals surface area contributed by atoms with Gasteiger partial charge in [0.15, 0.2) is 0 Å². The lowest BCUT2D eigenvalue weighted by atomic mass is 9.70.